The molecule has 0 aliphatic carbocycles. The maximum atomic E-state index is 12.3. The molecule has 0 saturated carbocycles. The number of hydrogen-bond donors (Lipinski definition) is 1. The quantitative estimate of drug-likeness (QED) is 0.820. The van der Waals surface area contributed by atoms with E-state index >= 15 is 0 Å². The molecule has 0 aromatic heterocycles. The van der Waals surface area contributed by atoms with E-state index in [-0.39, 0.29) is 5.91 Å². The van der Waals surface area contributed by atoms with Crippen LogP contribution in [-0.2, 0) is 0 Å². The van der Waals surface area contributed by atoms with Crippen LogP contribution in [0.3, 0.4) is 0 Å². The van der Waals surface area contributed by atoms with E-state index in [0.29, 0.717) is 6.54 Å². The number of rotatable bonds is 6. The van der Waals surface area contributed by atoms with E-state index < -0.39 is 0 Å². The number of nitrogens with two attached hydrogens (primary N) is 1. The predicted molar refractivity (Wildman–Crippen MR) is 71.0 cm³/mol. The number of nitrogens with zero attached hydrogens (tertiary/aromatic N) is 1. The van der Waals surface area contributed by atoms with Crippen LogP contribution in [0.15, 0.2) is 24.3 Å². The molecule has 3 nitrogen and oxygen atoms in total. The van der Waals surface area contributed by atoms with Gasteiger partial charge in [-0.25, -0.2) is 0 Å². The summed E-state index contributed by atoms with van der Waals surface area (Å²) in [4.78, 5) is 14.2. The van der Waals surface area contributed by atoms with Crippen molar-refractivity contribution in [3.63, 3.8) is 0 Å². The minimum atomic E-state index is 0.115. The van der Waals surface area contributed by atoms with Gasteiger partial charge in [0.05, 0.1) is 0 Å². The van der Waals surface area contributed by atoms with Crippen molar-refractivity contribution in [2.24, 2.45) is 5.73 Å². The second-order valence-corrected chi connectivity index (χ2v) is 4.30. The molecule has 0 fully saturated rings. The van der Waals surface area contributed by atoms with Crippen LogP contribution in [-0.4, -0.2) is 30.4 Å². The lowest BCUT2D eigenvalue weighted by molar-refractivity contribution is 0.0754. The van der Waals surface area contributed by atoms with Gasteiger partial charge in [-0.2, -0.15) is 0 Å². The second kappa shape index (κ2) is 7.07. The zero-order valence-corrected chi connectivity index (χ0v) is 10.8. The molecule has 2 N–H and O–H groups in total. The molecule has 1 amide bonds. The van der Waals surface area contributed by atoms with Gasteiger partial charge in [0.25, 0.3) is 5.91 Å². The zero-order valence-electron chi connectivity index (χ0n) is 10.8. The summed E-state index contributed by atoms with van der Waals surface area (Å²) in [7, 11) is 0. The molecule has 0 atom stereocenters. The van der Waals surface area contributed by atoms with Gasteiger partial charge in [-0.15, -0.1) is 0 Å². The SMILES string of the molecule is CCCN(CCCN)C(=O)c1cccc(C)c1. The Kier molecular flexibility index (Phi) is 5.70. The van der Waals surface area contributed by atoms with Crippen molar-refractivity contribution in [1.82, 2.24) is 4.90 Å². The second-order valence-electron chi connectivity index (χ2n) is 4.30. The van der Waals surface area contributed by atoms with Gasteiger partial charge >= 0.3 is 0 Å². The van der Waals surface area contributed by atoms with Crippen LogP contribution >= 0.6 is 0 Å². The van der Waals surface area contributed by atoms with E-state index in [4.69, 9.17) is 5.73 Å². The molecule has 0 spiro atoms. The minimum Gasteiger partial charge on any atom is -0.339 e. The van der Waals surface area contributed by atoms with Crippen molar-refractivity contribution in [3.05, 3.63) is 35.4 Å². The standard InChI is InChI=1S/C14H22N2O/c1-3-9-16(10-5-8-15)14(17)13-7-4-6-12(2)11-13/h4,6-7,11H,3,5,8-10,15H2,1-2H3. The molecule has 17 heavy (non-hydrogen) atoms. The van der Waals surface area contributed by atoms with Crippen molar-refractivity contribution in [3.8, 4) is 0 Å². The Hall–Kier alpha value is -1.35. The molecule has 0 aliphatic heterocycles. The van der Waals surface area contributed by atoms with E-state index in [2.05, 4.69) is 6.92 Å². The Morgan fingerprint density at radius 2 is 2.12 bits per heavy atom. The van der Waals surface area contributed by atoms with Gasteiger partial charge in [0.2, 0.25) is 0 Å². The van der Waals surface area contributed by atoms with Crippen molar-refractivity contribution in [2.45, 2.75) is 26.7 Å². The first-order valence-electron chi connectivity index (χ1n) is 6.25. The van der Waals surface area contributed by atoms with Crippen LogP contribution in [0.5, 0.6) is 0 Å². The molecular formula is C14H22N2O. The third-order valence-corrected chi connectivity index (χ3v) is 2.68. The first-order chi connectivity index (χ1) is 8.19. The van der Waals surface area contributed by atoms with Crippen molar-refractivity contribution in [2.75, 3.05) is 19.6 Å². The molecular weight excluding hydrogens is 212 g/mol. The average Bonchev–Trinajstić information content (AvgIpc) is 2.33. The molecule has 0 radical (unpaired) electrons. The summed E-state index contributed by atoms with van der Waals surface area (Å²) in [5, 5.41) is 0. The summed E-state index contributed by atoms with van der Waals surface area (Å²) >= 11 is 0. The molecule has 0 saturated heterocycles. The summed E-state index contributed by atoms with van der Waals surface area (Å²) in [6.07, 6.45) is 1.83. The minimum absolute atomic E-state index is 0.115. The van der Waals surface area contributed by atoms with E-state index in [0.717, 1.165) is 37.1 Å². The lowest BCUT2D eigenvalue weighted by Gasteiger charge is -2.22. The third kappa shape index (κ3) is 4.19. The number of aryl methyl sites for hydroxylation is 1. The van der Waals surface area contributed by atoms with Gasteiger partial charge < -0.3 is 10.6 Å². The van der Waals surface area contributed by atoms with E-state index in [1.807, 2.05) is 36.1 Å². The fraction of sp³-hybridized carbons (Fsp3) is 0.500. The van der Waals surface area contributed by atoms with Gasteiger partial charge in [0.15, 0.2) is 0 Å². The van der Waals surface area contributed by atoms with Gasteiger partial charge in [-0.1, -0.05) is 24.6 Å². The normalized spacial score (nSPS) is 10.3. The number of carbonyl (C=O) groups is 1. The third-order valence-electron chi connectivity index (χ3n) is 2.68. The molecule has 1 aromatic carbocycles. The Labute approximate surface area is 104 Å². The van der Waals surface area contributed by atoms with Crippen LogP contribution in [0.2, 0.25) is 0 Å². The van der Waals surface area contributed by atoms with E-state index in [1.54, 1.807) is 0 Å². The van der Waals surface area contributed by atoms with Crippen LogP contribution < -0.4 is 5.73 Å². The first kappa shape index (κ1) is 13.7. The molecule has 0 heterocycles. The highest BCUT2D eigenvalue weighted by Gasteiger charge is 2.14. The monoisotopic (exact) mass is 234 g/mol. The van der Waals surface area contributed by atoms with Crippen molar-refractivity contribution in [1.29, 1.82) is 0 Å². The number of hydrogen-bond acceptors (Lipinski definition) is 2. The highest BCUT2D eigenvalue weighted by atomic mass is 16.2. The Morgan fingerprint density at radius 3 is 2.71 bits per heavy atom. The van der Waals surface area contributed by atoms with Crippen LogP contribution in [0.4, 0.5) is 0 Å². The lowest BCUT2D eigenvalue weighted by Crippen LogP contribution is -2.33. The van der Waals surface area contributed by atoms with Crippen molar-refractivity contribution < 1.29 is 4.79 Å². The Bertz CT molecular complexity index is 363. The predicted octanol–water partition coefficient (Wildman–Crippen LogP) is 2.20. The van der Waals surface area contributed by atoms with Gasteiger partial charge in [-0.3, -0.25) is 4.79 Å². The van der Waals surface area contributed by atoms with Gasteiger partial charge in [0, 0.05) is 18.7 Å². The maximum Gasteiger partial charge on any atom is 0.253 e. The molecule has 0 bridgehead atoms. The fourth-order valence-corrected chi connectivity index (χ4v) is 1.83. The smallest absolute Gasteiger partial charge is 0.253 e. The van der Waals surface area contributed by atoms with Gasteiger partial charge in [-0.05, 0) is 38.4 Å². The Balaban J connectivity index is 2.76. The molecule has 3 heteroatoms. The summed E-state index contributed by atoms with van der Waals surface area (Å²) < 4.78 is 0. The van der Waals surface area contributed by atoms with E-state index in [9.17, 15) is 4.79 Å². The summed E-state index contributed by atoms with van der Waals surface area (Å²) in [6, 6.07) is 7.74. The highest BCUT2D eigenvalue weighted by Crippen LogP contribution is 2.08. The number of amides is 1. The average molecular weight is 234 g/mol. The maximum absolute atomic E-state index is 12.3. The molecule has 94 valence electrons. The van der Waals surface area contributed by atoms with Crippen LogP contribution in [0.1, 0.15) is 35.7 Å². The summed E-state index contributed by atoms with van der Waals surface area (Å²) in [6.45, 7) is 6.25. The van der Waals surface area contributed by atoms with E-state index in [1.165, 1.54) is 0 Å². The molecule has 0 aliphatic rings. The highest BCUT2D eigenvalue weighted by molar-refractivity contribution is 5.94. The largest absolute Gasteiger partial charge is 0.339 e. The Morgan fingerprint density at radius 1 is 1.35 bits per heavy atom. The summed E-state index contributed by atoms with van der Waals surface area (Å²) in [5.74, 6) is 0.115. The van der Waals surface area contributed by atoms with Crippen LogP contribution in [0.25, 0.3) is 0 Å². The first-order valence-corrected chi connectivity index (χ1v) is 6.25. The fourth-order valence-electron chi connectivity index (χ4n) is 1.83. The van der Waals surface area contributed by atoms with Gasteiger partial charge in [0.1, 0.15) is 0 Å². The number of benzene rings is 1. The molecule has 1 rings (SSSR count). The zero-order chi connectivity index (χ0) is 12.7. The lowest BCUT2D eigenvalue weighted by atomic mass is 10.1. The topological polar surface area (TPSA) is 46.3 Å². The summed E-state index contributed by atoms with van der Waals surface area (Å²) in [5.41, 5.74) is 7.39. The molecule has 1 aromatic rings. The van der Waals surface area contributed by atoms with Crippen LogP contribution in [0, 0.1) is 6.92 Å². The molecule has 0 unspecified atom stereocenters. The van der Waals surface area contributed by atoms with Crippen molar-refractivity contribution >= 4 is 5.91 Å². The number of carbonyl (C=O) groups excluding carboxylic acids is 1.